The third-order valence-corrected chi connectivity index (χ3v) is 18.5. The highest BCUT2D eigenvalue weighted by Crippen LogP contribution is 2.20. The van der Waals surface area contributed by atoms with E-state index >= 15 is 0 Å². The van der Waals surface area contributed by atoms with Crippen LogP contribution in [0.2, 0.25) is 0 Å². The van der Waals surface area contributed by atoms with Crippen LogP contribution in [0, 0.1) is 0 Å². The number of carbonyl (C=O) groups excluding carboxylic acids is 2. The van der Waals surface area contributed by atoms with Gasteiger partial charge >= 0.3 is 5.97 Å². The fourth-order valence-corrected chi connectivity index (χ4v) is 12.6. The van der Waals surface area contributed by atoms with Crippen LogP contribution in [0.25, 0.3) is 0 Å². The Morgan fingerprint density at radius 2 is 0.588 bits per heavy atom. The monoisotopic (exact) mass is 1200 g/mol. The smallest absolute Gasteiger partial charge is 0.305 e. The van der Waals surface area contributed by atoms with Crippen LogP contribution in [0.5, 0.6) is 0 Å². The summed E-state index contributed by atoms with van der Waals surface area (Å²) in [5.74, 6) is -0.0155. The molecule has 2 unspecified atom stereocenters. The number of allylic oxidation sites excluding steroid dienone is 4. The lowest BCUT2D eigenvalue weighted by molar-refractivity contribution is -0.143. The highest BCUT2D eigenvalue weighted by molar-refractivity contribution is 5.76. The highest BCUT2D eigenvalue weighted by Gasteiger charge is 2.20. The van der Waals surface area contributed by atoms with E-state index in [0.29, 0.717) is 25.9 Å². The molecule has 0 aliphatic rings. The second kappa shape index (κ2) is 74.8. The van der Waals surface area contributed by atoms with Crippen molar-refractivity contribution in [3.63, 3.8) is 0 Å². The van der Waals surface area contributed by atoms with Crippen LogP contribution in [-0.4, -0.2) is 47.4 Å². The largest absolute Gasteiger partial charge is 0.466 e. The Labute approximate surface area is 532 Å². The lowest BCUT2D eigenvalue weighted by atomic mass is 10.0. The van der Waals surface area contributed by atoms with Gasteiger partial charge in [-0.1, -0.05) is 398 Å². The van der Waals surface area contributed by atoms with E-state index in [0.717, 1.165) is 51.4 Å². The number of carbonyl (C=O) groups is 2. The van der Waals surface area contributed by atoms with E-state index in [9.17, 15) is 19.8 Å². The number of aliphatic hydroxyl groups excluding tert-OH is 2. The molecule has 0 saturated heterocycles. The summed E-state index contributed by atoms with van der Waals surface area (Å²) < 4.78 is 5.50. The summed E-state index contributed by atoms with van der Waals surface area (Å²) in [6.07, 6.45) is 95.6. The molecule has 0 aromatic heterocycles. The molecule has 0 saturated carbocycles. The van der Waals surface area contributed by atoms with Crippen molar-refractivity contribution in [2.45, 2.75) is 456 Å². The lowest BCUT2D eigenvalue weighted by Crippen LogP contribution is -2.45. The zero-order chi connectivity index (χ0) is 61.3. The molecule has 85 heavy (non-hydrogen) atoms. The van der Waals surface area contributed by atoms with E-state index in [1.54, 1.807) is 0 Å². The molecule has 0 heterocycles. The maximum absolute atomic E-state index is 12.5. The molecule has 0 aromatic carbocycles. The van der Waals surface area contributed by atoms with Gasteiger partial charge in [0, 0.05) is 12.8 Å². The lowest BCUT2D eigenvalue weighted by Gasteiger charge is -2.22. The minimum Gasteiger partial charge on any atom is -0.466 e. The fourth-order valence-electron chi connectivity index (χ4n) is 12.6. The molecule has 0 aromatic rings. The molecular weight excluding hydrogens is 1040 g/mol. The van der Waals surface area contributed by atoms with Gasteiger partial charge in [-0.15, -0.1) is 0 Å². The van der Waals surface area contributed by atoms with Crippen molar-refractivity contribution in [3.8, 4) is 0 Å². The second-order valence-corrected chi connectivity index (χ2v) is 27.0. The van der Waals surface area contributed by atoms with Crippen LogP contribution in [0.4, 0.5) is 0 Å². The Kier molecular flexibility index (Phi) is 73.3. The molecule has 0 radical (unpaired) electrons. The number of amides is 1. The van der Waals surface area contributed by atoms with Crippen molar-refractivity contribution in [1.82, 2.24) is 5.32 Å². The van der Waals surface area contributed by atoms with Gasteiger partial charge in [0.1, 0.15) is 0 Å². The molecule has 0 aliphatic heterocycles. The first-order chi connectivity index (χ1) is 42.0. The summed E-state index contributed by atoms with van der Waals surface area (Å²) in [5, 5.41) is 23.4. The Bertz CT molecular complexity index is 1330. The first-order valence-electron chi connectivity index (χ1n) is 39.1. The zero-order valence-electron chi connectivity index (χ0n) is 57.9. The third-order valence-electron chi connectivity index (χ3n) is 18.5. The van der Waals surface area contributed by atoms with Crippen molar-refractivity contribution < 1.29 is 24.5 Å². The number of nitrogens with one attached hydrogen (secondary N) is 1. The molecule has 1 amide bonds. The number of hydrogen-bond acceptors (Lipinski definition) is 5. The van der Waals surface area contributed by atoms with E-state index in [1.165, 1.54) is 360 Å². The van der Waals surface area contributed by atoms with E-state index in [1.807, 2.05) is 0 Å². The van der Waals surface area contributed by atoms with Crippen LogP contribution >= 0.6 is 0 Å². The van der Waals surface area contributed by atoms with Gasteiger partial charge in [0.15, 0.2) is 0 Å². The standard InChI is InChI=1S/C79H153NO5/c1-3-5-7-9-11-13-15-17-19-40-43-47-51-55-59-63-67-71-77(82)76(75-81)80-78(83)72-68-64-60-56-52-48-44-41-38-36-34-32-30-28-26-24-22-21-23-25-27-29-31-33-35-37-39-42-46-50-54-58-62-66-70-74-85-79(84)73-69-65-61-57-53-49-45-20-18-16-14-12-10-8-6-4-2/h14,16,20,45,76-77,81-82H,3-13,15,17-19,21-44,46-75H2,1-2H3,(H,80,83)/b16-14-,45-20-. The first kappa shape index (κ1) is 83.3. The Balaban J connectivity index is 3.31. The normalized spacial score (nSPS) is 12.6. The highest BCUT2D eigenvalue weighted by atomic mass is 16.5. The van der Waals surface area contributed by atoms with Crippen LogP contribution in [-0.2, 0) is 14.3 Å². The van der Waals surface area contributed by atoms with Gasteiger partial charge in [-0.3, -0.25) is 9.59 Å². The Morgan fingerprint density at radius 3 is 0.906 bits per heavy atom. The van der Waals surface area contributed by atoms with Crippen molar-refractivity contribution in [3.05, 3.63) is 24.3 Å². The molecule has 3 N–H and O–H groups in total. The van der Waals surface area contributed by atoms with Crippen molar-refractivity contribution in [2.24, 2.45) is 0 Å². The molecule has 0 rings (SSSR count). The summed E-state index contributed by atoms with van der Waals surface area (Å²) in [6, 6.07) is -0.537. The third kappa shape index (κ3) is 71.3. The van der Waals surface area contributed by atoms with E-state index < -0.39 is 12.1 Å². The average Bonchev–Trinajstić information content (AvgIpc) is 3.50. The van der Waals surface area contributed by atoms with E-state index in [-0.39, 0.29) is 18.5 Å². The molecule has 0 spiro atoms. The van der Waals surface area contributed by atoms with Gasteiger partial charge in [-0.25, -0.2) is 0 Å². The van der Waals surface area contributed by atoms with Gasteiger partial charge in [-0.2, -0.15) is 0 Å². The second-order valence-electron chi connectivity index (χ2n) is 27.0. The molecule has 0 fully saturated rings. The van der Waals surface area contributed by atoms with Gasteiger partial charge in [-0.05, 0) is 57.8 Å². The van der Waals surface area contributed by atoms with Crippen LogP contribution in [0.15, 0.2) is 24.3 Å². The Morgan fingerprint density at radius 1 is 0.329 bits per heavy atom. The molecule has 504 valence electrons. The Hall–Kier alpha value is -1.66. The van der Waals surface area contributed by atoms with Crippen molar-refractivity contribution >= 4 is 11.9 Å². The SMILES string of the molecule is CCCCCC/C=C\C/C=C\CCCCCCCC(=O)OCCCCCCCCCCCCCCCCCCCCCCCCCCCCCCCCCCCCCC(=O)NC(CO)C(O)CCCCCCCCCCCCCCCCCCC. The van der Waals surface area contributed by atoms with Gasteiger partial charge in [0.2, 0.25) is 5.91 Å². The van der Waals surface area contributed by atoms with E-state index in [2.05, 4.69) is 43.5 Å². The summed E-state index contributed by atoms with van der Waals surface area (Å²) in [4.78, 5) is 24.6. The number of rotatable bonds is 74. The predicted octanol–water partition coefficient (Wildman–Crippen LogP) is 25.7. The molecule has 0 aliphatic carbocycles. The quantitative estimate of drug-likeness (QED) is 0.0320. The fraction of sp³-hybridized carbons (Fsp3) is 0.924. The summed E-state index contributed by atoms with van der Waals surface area (Å²) >= 11 is 0. The topological polar surface area (TPSA) is 95.9 Å². The van der Waals surface area contributed by atoms with Crippen LogP contribution < -0.4 is 5.32 Å². The van der Waals surface area contributed by atoms with Gasteiger partial charge in [0.05, 0.1) is 25.4 Å². The van der Waals surface area contributed by atoms with Crippen molar-refractivity contribution in [1.29, 1.82) is 0 Å². The maximum atomic E-state index is 12.5. The van der Waals surface area contributed by atoms with E-state index in [4.69, 9.17) is 4.74 Å². The molecule has 6 heteroatoms. The maximum Gasteiger partial charge on any atom is 0.305 e. The summed E-state index contributed by atoms with van der Waals surface area (Å²) in [7, 11) is 0. The molecule has 6 nitrogen and oxygen atoms in total. The molecular formula is C79H153NO5. The summed E-state index contributed by atoms with van der Waals surface area (Å²) in [6.45, 7) is 4.98. The van der Waals surface area contributed by atoms with Crippen LogP contribution in [0.1, 0.15) is 444 Å². The number of ether oxygens (including phenoxy) is 1. The minimum atomic E-state index is -0.660. The van der Waals surface area contributed by atoms with Crippen LogP contribution in [0.3, 0.4) is 0 Å². The van der Waals surface area contributed by atoms with Gasteiger partial charge in [0.25, 0.3) is 0 Å². The summed E-state index contributed by atoms with van der Waals surface area (Å²) in [5.41, 5.74) is 0. The van der Waals surface area contributed by atoms with Gasteiger partial charge < -0.3 is 20.3 Å². The number of hydrogen-bond donors (Lipinski definition) is 3. The molecule has 2 atom stereocenters. The predicted molar refractivity (Wildman–Crippen MR) is 375 cm³/mol. The number of aliphatic hydroxyl groups is 2. The number of unbranched alkanes of at least 4 members (excludes halogenated alkanes) is 59. The zero-order valence-corrected chi connectivity index (χ0v) is 57.9. The first-order valence-corrected chi connectivity index (χ1v) is 39.1. The van der Waals surface area contributed by atoms with Crippen molar-refractivity contribution in [2.75, 3.05) is 13.2 Å². The number of esters is 1. The average molecular weight is 1200 g/mol. The minimum absolute atomic E-state index is 0.00991. The molecule has 0 bridgehead atoms.